The molecule has 1 amide bonds. The molecule has 1 fully saturated rings. The van der Waals surface area contributed by atoms with Crippen LogP contribution in [0.15, 0.2) is 0 Å². The minimum atomic E-state index is -0.947. The zero-order valence-electron chi connectivity index (χ0n) is 10.9. The Bertz CT molecular complexity index is 278. The summed E-state index contributed by atoms with van der Waals surface area (Å²) in [5.74, 6) is -1.14. The lowest BCUT2D eigenvalue weighted by Crippen LogP contribution is -2.50. The molecule has 3 N–H and O–H groups in total. The molecule has 0 saturated carbocycles. The van der Waals surface area contributed by atoms with Gasteiger partial charge in [0, 0.05) is 26.2 Å². The number of carboxylic acids is 1. The second-order valence-corrected chi connectivity index (χ2v) is 4.63. The highest BCUT2D eigenvalue weighted by Crippen LogP contribution is 2.01. The number of amides is 1. The summed E-state index contributed by atoms with van der Waals surface area (Å²) in [4.78, 5) is 24.8. The first kappa shape index (κ1) is 14.9. The van der Waals surface area contributed by atoms with E-state index in [1.165, 1.54) is 0 Å². The molecule has 0 aromatic rings. The Morgan fingerprint density at radius 3 is 2.61 bits per heavy atom. The van der Waals surface area contributed by atoms with Crippen LogP contribution in [0.4, 0.5) is 0 Å². The lowest BCUT2D eigenvalue weighted by molar-refractivity contribution is -0.142. The SMILES string of the molecule is CCCC[C@H](NC(=O)CN1CCNCC1)C(=O)O. The van der Waals surface area contributed by atoms with Gasteiger partial charge in [-0.25, -0.2) is 4.79 Å². The van der Waals surface area contributed by atoms with E-state index in [1.807, 2.05) is 11.8 Å². The molecule has 1 rings (SSSR count). The van der Waals surface area contributed by atoms with E-state index in [1.54, 1.807) is 0 Å². The van der Waals surface area contributed by atoms with Gasteiger partial charge in [-0.3, -0.25) is 9.69 Å². The van der Waals surface area contributed by atoms with Crippen LogP contribution in [0, 0.1) is 0 Å². The summed E-state index contributed by atoms with van der Waals surface area (Å²) in [6, 6.07) is -0.750. The summed E-state index contributed by atoms with van der Waals surface area (Å²) in [6.07, 6.45) is 2.24. The standard InChI is InChI=1S/C12H23N3O3/c1-2-3-4-10(12(17)18)14-11(16)9-15-7-5-13-6-8-15/h10,13H,2-9H2,1H3,(H,14,16)(H,17,18)/t10-/m0/s1. The van der Waals surface area contributed by atoms with Gasteiger partial charge >= 0.3 is 5.97 Å². The average molecular weight is 257 g/mol. The summed E-state index contributed by atoms with van der Waals surface area (Å²) in [6.45, 7) is 5.72. The van der Waals surface area contributed by atoms with Crippen LogP contribution in [0.1, 0.15) is 26.2 Å². The van der Waals surface area contributed by atoms with Gasteiger partial charge in [-0.2, -0.15) is 0 Å². The zero-order chi connectivity index (χ0) is 13.4. The van der Waals surface area contributed by atoms with Crippen molar-refractivity contribution in [2.75, 3.05) is 32.7 Å². The molecule has 0 spiro atoms. The second-order valence-electron chi connectivity index (χ2n) is 4.63. The van der Waals surface area contributed by atoms with Gasteiger partial charge in [-0.15, -0.1) is 0 Å². The number of aliphatic carboxylic acids is 1. The zero-order valence-corrected chi connectivity index (χ0v) is 10.9. The number of hydrogen-bond donors (Lipinski definition) is 3. The van der Waals surface area contributed by atoms with Crippen LogP contribution < -0.4 is 10.6 Å². The lowest BCUT2D eigenvalue weighted by atomic mass is 10.1. The predicted molar refractivity (Wildman–Crippen MR) is 68.4 cm³/mol. The van der Waals surface area contributed by atoms with E-state index in [0.717, 1.165) is 39.0 Å². The molecule has 1 aliphatic rings. The topological polar surface area (TPSA) is 81.7 Å². The van der Waals surface area contributed by atoms with Gasteiger partial charge in [0.25, 0.3) is 0 Å². The molecule has 104 valence electrons. The molecule has 1 aliphatic heterocycles. The van der Waals surface area contributed by atoms with Gasteiger partial charge in [-0.1, -0.05) is 19.8 Å². The smallest absolute Gasteiger partial charge is 0.326 e. The van der Waals surface area contributed by atoms with Crippen LogP contribution in [0.2, 0.25) is 0 Å². The number of piperazine rings is 1. The fraction of sp³-hybridized carbons (Fsp3) is 0.833. The molecule has 1 heterocycles. The van der Waals surface area contributed by atoms with E-state index in [9.17, 15) is 9.59 Å². The molecular weight excluding hydrogens is 234 g/mol. The molecule has 1 saturated heterocycles. The first-order valence-corrected chi connectivity index (χ1v) is 6.58. The maximum absolute atomic E-state index is 11.8. The molecule has 0 aromatic heterocycles. The predicted octanol–water partition coefficient (Wildman–Crippen LogP) is -0.349. The molecule has 6 nitrogen and oxygen atoms in total. The van der Waals surface area contributed by atoms with Crippen molar-refractivity contribution in [3.8, 4) is 0 Å². The maximum Gasteiger partial charge on any atom is 0.326 e. The molecule has 6 heteroatoms. The van der Waals surface area contributed by atoms with Crippen molar-refractivity contribution in [3.05, 3.63) is 0 Å². The average Bonchev–Trinajstić information content (AvgIpc) is 2.35. The monoisotopic (exact) mass is 257 g/mol. The van der Waals surface area contributed by atoms with Gasteiger partial charge in [0.15, 0.2) is 0 Å². The largest absolute Gasteiger partial charge is 0.480 e. The third kappa shape index (κ3) is 5.46. The number of unbranched alkanes of at least 4 members (excludes halogenated alkanes) is 1. The van der Waals surface area contributed by atoms with Gasteiger partial charge in [-0.05, 0) is 6.42 Å². The molecular formula is C12H23N3O3. The molecule has 0 unspecified atom stereocenters. The minimum absolute atomic E-state index is 0.194. The second kappa shape index (κ2) is 8.05. The molecule has 0 aliphatic carbocycles. The highest BCUT2D eigenvalue weighted by molar-refractivity contribution is 5.84. The van der Waals surface area contributed by atoms with E-state index in [-0.39, 0.29) is 12.5 Å². The Labute approximate surface area is 108 Å². The summed E-state index contributed by atoms with van der Waals surface area (Å²) in [5.41, 5.74) is 0. The minimum Gasteiger partial charge on any atom is -0.480 e. The Balaban J connectivity index is 2.32. The Morgan fingerprint density at radius 1 is 1.39 bits per heavy atom. The van der Waals surface area contributed by atoms with Crippen molar-refractivity contribution in [2.45, 2.75) is 32.2 Å². The number of hydrogen-bond acceptors (Lipinski definition) is 4. The van der Waals surface area contributed by atoms with Crippen LogP contribution in [-0.4, -0.2) is 60.6 Å². The molecule has 0 aromatic carbocycles. The number of carboxylic acid groups (broad SMARTS) is 1. The van der Waals surface area contributed by atoms with Crippen molar-refractivity contribution in [1.29, 1.82) is 0 Å². The fourth-order valence-electron chi connectivity index (χ4n) is 1.98. The highest BCUT2D eigenvalue weighted by atomic mass is 16.4. The Kier molecular flexibility index (Phi) is 6.67. The molecule has 0 bridgehead atoms. The van der Waals surface area contributed by atoms with E-state index >= 15 is 0 Å². The van der Waals surface area contributed by atoms with Crippen molar-refractivity contribution < 1.29 is 14.7 Å². The van der Waals surface area contributed by atoms with Crippen molar-refractivity contribution in [1.82, 2.24) is 15.5 Å². The van der Waals surface area contributed by atoms with E-state index in [0.29, 0.717) is 6.42 Å². The van der Waals surface area contributed by atoms with E-state index < -0.39 is 12.0 Å². The summed E-state index contributed by atoms with van der Waals surface area (Å²) >= 11 is 0. The summed E-state index contributed by atoms with van der Waals surface area (Å²) in [7, 11) is 0. The van der Waals surface area contributed by atoms with Crippen LogP contribution in [-0.2, 0) is 9.59 Å². The third-order valence-electron chi connectivity index (χ3n) is 3.06. The molecule has 1 atom stereocenters. The maximum atomic E-state index is 11.8. The number of rotatable bonds is 7. The van der Waals surface area contributed by atoms with Crippen LogP contribution in [0.5, 0.6) is 0 Å². The van der Waals surface area contributed by atoms with Crippen LogP contribution >= 0.6 is 0 Å². The van der Waals surface area contributed by atoms with Gasteiger partial charge in [0.2, 0.25) is 5.91 Å². The quantitative estimate of drug-likeness (QED) is 0.581. The summed E-state index contributed by atoms with van der Waals surface area (Å²) < 4.78 is 0. The molecule has 0 radical (unpaired) electrons. The van der Waals surface area contributed by atoms with E-state index in [2.05, 4.69) is 10.6 Å². The number of carbonyl (C=O) groups excluding carboxylic acids is 1. The van der Waals surface area contributed by atoms with Crippen molar-refractivity contribution in [3.63, 3.8) is 0 Å². The summed E-state index contributed by atoms with van der Waals surface area (Å²) in [5, 5.41) is 14.8. The number of nitrogens with one attached hydrogen (secondary N) is 2. The normalized spacial score (nSPS) is 18.3. The van der Waals surface area contributed by atoms with Crippen LogP contribution in [0.3, 0.4) is 0 Å². The van der Waals surface area contributed by atoms with Crippen LogP contribution in [0.25, 0.3) is 0 Å². The Hall–Kier alpha value is -1.14. The van der Waals surface area contributed by atoms with Gasteiger partial charge in [0.1, 0.15) is 6.04 Å². The third-order valence-corrected chi connectivity index (χ3v) is 3.06. The van der Waals surface area contributed by atoms with E-state index in [4.69, 9.17) is 5.11 Å². The molecule has 18 heavy (non-hydrogen) atoms. The fourth-order valence-corrected chi connectivity index (χ4v) is 1.98. The first-order chi connectivity index (χ1) is 8.63. The lowest BCUT2D eigenvalue weighted by Gasteiger charge is -2.27. The van der Waals surface area contributed by atoms with Crippen molar-refractivity contribution >= 4 is 11.9 Å². The van der Waals surface area contributed by atoms with Gasteiger partial charge < -0.3 is 15.7 Å². The highest BCUT2D eigenvalue weighted by Gasteiger charge is 2.21. The van der Waals surface area contributed by atoms with Gasteiger partial charge in [0.05, 0.1) is 6.54 Å². The first-order valence-electron chi connectivity index (χ1n) is 6.58. The van der Waals surface area contributed by atoms with Crippen molar-refractivity contribution in [2.24, 2.45) is 0 Å². The number of carbonyl (C=O) groups is 2. The number of nitrogens with zero attached hydrogens (tertiary/aromatic N) is 1. The Morgan fingerprint density at radius 2 is 2.06 bits per heavy atom.